The van der Waals surface area contributed by atoms with Gasteiger partial charge in [0, 0.05) is 11.1 Å². The van der Waals surface area contributed by atoms with E-state index in [9.17, 15) is 0 Å². The van der Waals surface area contributed by atoms with Gasteiger partial charge in [0.1, 0.15) is 12.0 Å². The average Bonchev–Trinajstić information content (AvgIpc) is 3.68. The summed E-state index contributed by atoms with van der Waals surface area (Å²) in [7, 11) is 0. The van der Waals surface area contributed by atoms with E-state index >= 15 is 0 Å². The second-order valence-electron chi connectivity index (χ2n) is 13.7. The van der Waals surface area contributed by atoms with Crippen LogP contribution < -0.4 is 5.32 Å². The first kappa shape index (κ1) is 28.3. The molecule has 1 unspecified atom stereocenters. The maximum absolute atomic E-state index is 5.10. The van der Waals surface area contributed by atoms with Gasteiger partial charge >= 0.3 is 0 Å². The van der Waals surface area contributed by atoms with E-state index in [1.54, 1.807) is 0 Å². The van der Waals surface area contributed by atoms with Crippen molar-refractivity contribution in [3.8, 4) is 22.3 Å². The van der Waals surface area contributed by atoms with Crippen LogP contribution in [-0.4, -0.2) is 11.7 Å². The molecule has 0 fully saturated rings. The molecule has 238 valence electrons. The number of aliphatic imine (C=N–C) groups is 2. The van der Waals surface area contributed by atoms with E-state index in [-0.39, 0.29) is 11.6 Å². The van der Waals surface area contributed by atoms with Crippen molar-refractivity contribution in [1.29, 1.82) is 0 Å². The largest absolute Gasteiger partial charge is 0.344 e. The molecule has 8 aromatic carbocycles. The lowest BCUT2D eigenvalue weighted by Crippen LogP contribution is -2.33. The third-order valence-corrected chi connectivity index (χ3v) is 11.1. The number of benzene rings is 8. The number of nitrogens with zero attached hydrogens (tertiary/aromatic N) is 2. The monoisotopic (exact) mass is 649 g/mol. The van der Waals surface area contributed by atoms with Crippen molar-refractivity contribution in [3.63, 3.8) is 0 Å². The van der Waals surface area contributed by atoms with Gasteiger partial charge in [-0.3, -0.25) is 0 Å². The Hall–Kier alpha value is -6.58. The van der Waals surface area contributed by atoms with E-state index in [1.165, 1.54) is 60.5 Å². The summed E-state index contributed by atoms with van der Waals surface area (Å²) >= 11 is 0. The van der Waals surface area contributed by atoms with E-state index in [0.717, 1.165) is 33.9 Å². The molecular weight excluding hydrogens is 619 g/mol. The average molecular weight is 650 g/mol. The summed E-state index contributed by atoms with van der Waals surface area (Å²) in [4.78, 5) is 10.1. The minimum absolute atomic E-state index is 0.245. The predicted octanol–water partition coefficient (Wildman–Crippen LogP) is 10.8. The standard InChI is InChI=1S/C48H31N3/c1-3-12-32(13-4-1)45-49-46(33-14-5-2-6-15-33)51-47(50-45)36-19-9-18-34(28-36)35-26-27-38-37-20-7-8-21-39(37)48(42(38)29-35)40-22-10-16-30-24-25-31-17-11-23-41(48)44(31)43(30)40/h1-29,45H,(H,49,50,51). The number of fused-ring (bicyclic) bond motifs is 7. The second-order valence-corrected chi connectivity index (χ2v) is 13.7. The predicted molar refractivity (Wildman–Crippen MR) is 210 cm³/mol. The van der Waals surface area contributed by atoms with Gasteiger partial charge in [0.15, 0.2) is 5.84 Å². The molecule has 1 atom stereocenters. The SMILES string of the molecule is c1ccc(C2=NC(c3ccccc3)NC(c3cccc(-c4ccc5c(c4)C4(c6ccccc6-5)c5cccc6ccc7cccc4c7c56)c3)=N2)cc1. The lowest BCUT2D eigenvalue weighted by Gasteiger charge is -2.31. The van der Waals surface area contributed by atoms with Crippen LogP contribution in [0.2, 0.25) is 0 Å². The van der Waals surface area contributed by atoms with Crippen LogP contribution in [0.1, 0.15) is 45.1 Å². The number of nitrogens with one attached hydrogen (secondary N) is 1. The summed E-state index contributed by atoms with van der Waals surface area (Å²) in [5.41, 5.74) is 13.2. The van der Waals surface area contributed by atoms with Gasteiger partial charge in [-0.1, -0.05) is 164 Å². The fourth-order valence-corrected chi connectivity index (χ4v) is 8.93. The summed E-state index contributed by atoms with van der Waals surface area (Å²) in [6.07, 6.45) is -0.245. The van der Waals surface area contributed by atoms with Crippen molar-refractivity contribution < 1.29 is 0 Å². The molecule has 51 heavy (non-hydrogen) atoms. The Morgan fingerprint density at radius 3 is 1.78 bits per heavy atom. The maximum atomic E-state index is 5.10. The van der Waals surface area contributed by atoms with Gasteiger partial charge in [-0.2, -0.15) is 0 Å². The molecule has 3 heteroatoms. The first-order chi connectivity index (χ1) is 25.3. The first-order valence-corrected chi connectivity index (χ1v) is 17.6. The Kier molecular flexibility index (Phi) is 5.94. The van der Waals surface area contributed by atoms with Crippen molar-refractivity contribution >= 4 is 33.2 Å². The lowest BCUT2D eigenvalue weighted by atomic mass is 9.70. The zero-order valence-corrected chi connectivity index (χ0v) is 27.7. The van der Waals surface area contributed by atoms with Gasteiger partial charge in [0.25, 0.3) is 0 Å². The summed E-state index contributed by atoms with van der Waals surface area (Å²) in [5, 5.41) is 9.01. The first-order valence-electron chi connectivity index (χ1n) is 17.6. The van der Waals surface area contributed by atoms with Crippen LogP contribution in [0.5, 0.6) is 0 Å². The number of rotatable bonds is 4. The number of hydrogen-bond acceptors (Lipinski definition) is 3. The van der Waals surface area contributed by atoms with E-state index in [0.29, 0.717) is 0 Å². The maximum Gasteiger partial charge on any atom is 0.159 e. The highest BCUT2D eigenvalue weighted by Crippen LogP contribution is 2.62. The van der Waals surface area contributed by atoms with Crippen molar-refractivity contribution in [2.75, 3.05) is 0 Å². The smallest absolute Gasteiger partial charge is 0.159 e. The van der Waals surface area contributed by atoms with Crippen LogP contribution in [0.3, 0.4) is 0 Å². The molecule has 2 aliphatic carbocycles. The summed E-state index contributed by atoms with van der Waals surface area (Å²) in [5.74, 6) is 1.54. The molecule has 0 saturated heterocycles. The molecule has 11 rings (SSSR count). The van der Waals surface area contributed by atoms with E-state index in [4.69, 9.17) is 9.98 Å². The lowest BCUT2D eigenvalue weighted by molar-refractivity contribution is 0.674. The normalized spacial score (nSPS) is 16.2. The molecule has 1 aliphatic heterocycles. The van der Waals surface area contributed by atoms with Gasteiger partial charge in [-0.15, -0.1) is 0 Å². The van der Waals surface area contributed by atoms with Crippen molar-refractivity contribution in [1.82, 2.24) is 5.32 Å². The molecule has 1 heterocycles. The van der Waals surface area contributed by atoms with Gasteiger partial charge < -0.3 is 5.32 Å². The Morgan fingerprint density at radius 2 is 1.02 bits per heavy atom. The van der Waals surface area contributed by atoms with Gasteiger partial charge in [-0.05, 0) is 83.7 Å². The Morgan fingerprint density at radius 1 is 0.431 bits per heavy atom. The fraction of sp³-hybridized carbons (Fsp3) is 0.0417. The zero-order chi connectivity index (χ0) is 33.5. The molecule has 8 aromatic rings. The van der Waals surface area contributed by atoms with E-state index < -0.39 is 0 Å². The van der Waals surface area contributed by atoms with E-state index in [1.807, 2.05) is 24.3 Å². The Labute approximate surface area is 296 Å². The number of amidine groups is 2. The highest BCUT2D eigenvalue weighted by Gasteiger charge is 2.50. The Balaban J connectivity index is 1.08. The van der Waals surface area contributed by atoms with Crippen molar-refractivity contribution in [2.45, 2.75) is 11.6 Å². The van der Waals surface area contributed by atoms with Gasteiger partial charge in [0.05, 0.1) is 5.41 Å². The molecule has 1 N–H and O–H groups in total. The molecule has 3 nitrogen and oxygen atoms in total. The molecule has 0 amide bonds. The van der Waals surface area contributed by atoms with Crippen LogP contribution in [0.15, 0.2) is 186 Å². The highest BCUT2D eigenvalue weighted by atomic mass is 15.2. The molecule has 1 spiro atoms. The van der Waals surface area contributed by atoms with E-state index in [2.05, 4.69) is 157 Å². The third kappa shape index (κ3) is 4.00. The van der Waals surface area contributed by atoms with Crippen molar-refractivity contribution in [2.24, 2.45) is 9.98 Å². The van der Waals surface area contributed by atoms with Crippen LogP contribution in [-0.2, 0) is 5.41 Å². The quantitative estimate of drug-likeness (QED) is 0.189. The fourth-order valence-electron chi connectivity index (χ4n) is 8.93. The minimum Gasteiger partial charge on any atom is -0.344 e. The molecule has 0 radical (unpaired) electrons. The third-order valence-electron chi connectivity index (χ3n) is 11.1. The van der Waals surface area contributed by atoms with Crippen LogP contribution in [0.4, 0.5) is 0 Å². The molecule has 0 aromatic heterocycles. The summed E-state index contributed by atoms with van der Waals surface area (Å²) < 4.78 is 0. The van der Waals surface area contributed by atoms with Gasteiger partial charge in [0.2, 0.25) is 0 Å². The van der Waals surface area contributed by atoms with Gasteiger partial charge in [-0.25, -0.2) is 9.98 Å². The zero-order valence-electron chi connectivity index (χ0n) is 27.7. The molecule has 0 bridgehead atoms. The Bertz CT molecular complexity index is 2710. The highest BCUT2D eigenvalue weighted by molar-refractivity contribution is 6.17. The topological polar surface area (TPSA) is 36.8 Å². The molecule has 0 saturated carbocycles. The number of hydrogen-bond donors (Lipinski definition) is 1. The second kappa shape index (κ2) is 10.7. The molecule has 3 aliphatic rings. The van der Waals surface area contributed by atoms with Crippen LogP contribution in [0.25, 0.3) is 43.8 Å². The van der Waals surface area contributed by atoms with Crippen LogP contribution in [0, 0.1) is 0 Å². The minimum atomic E-state index is -0.388. The van der Waals surface area contributed by atoms with Crippen molar-refractivity contribution in [3.05, 3.63) is 215 Å². The molecular formula is C48H31N3. The summed E-state index contributed by atoms with van der Waals surface area (Å²) in [6, 6.07) is 63.8. The van der Waals surface area contributed by atoms with Crippen LogP contribution >= 0.6 is 0 Å². The summed E-state index contributed by atoms with van der Waals surface area (Å²) in [6.45, 7) is 0.